The summed E-state index contributed by atoms with van der Waals surface area (Å²) in [5.41, 5.74) is 1.50. The van der Waals surface area contributed by atoms with Gasteiger partial charge in [-0.1, -0.05) is 37.3 Å². The molecule has 0 saturated carbocycles. The van der Waals surface area contributed by atoms with Gasteiger partial charge in [0.2, 0.25) is 0 Å². The van der Waals surface area contributed by atoms with Crippen LogP contribution in [-0.4, -0.2) is 25.8 Å². The van der Waals surface area contributed by atoms with Crippen molar-refractivity contribution >= 4 is 0 Å². The molecule has 0 amide bonds. The van der Waals surface area contributed by atoms with Crippen molar-refractivity contribution in [1.82, 2.24) is 5.32 Å². The SMILES string of the molecule is COC1(CC(C)c2ccccc2)CCNCC1. The van der Waals surface area contributed by atoms with E-state index in [0.29, 0.717) is 5.92 Å². The normalized spacial score (nSPS) is 21.1. The molecule has 0 aliphatic carbocycles. The van der Waals surface area contributed by atoms with Gasteiger partial charge >= 0.3 is 0 Å². The van der Waals surface area contributed by atoms with Crippen molar-refractivity contribution < 1.29 is 4.74 Å². The number of nitrogens with one attached hydrogen (secondary N) is 1. The molecule has 1 aliphatic heterocycles. The van der Waals surface area contributed by atoms with Crippen LogP contribution in [0.2, 0.25) is 0 Å². The van der Waals surface area contributed by atoms with E-state index in [4.69, 9.17) is 4.74 Å². The van der Waals surface area contributed by atoms with Crippen LogP contribution >= 0.6 is 0 Å². The molecule has 0 radical (unpaired) electrons. The highest BCUT2D eigenvalue weighted by Crippen LogP contribution is 2.33. The third-order valence-corrected chi connectivity index (χ3v) is 3.99. The highest BCUT2D eigenvalue weighted by molar-refractivity contribution is 5.19. The van der Waals surface area contributed by atoms with Crippen molar-refractivity contribution in [3.63, 3.8) is 0 Å². The molecule has 1 saturated heterocycles. The largest absolute Gasteiger partial charge is 0.378 e. The average Bonchev–Trinajstić information content (AvgIpc) is 2.41. The number of rotatable bonds is 4. The molecule has 0 spiro atoms. The highest BCUT2D eigenvalue weighted by atomic mass is 16.5. The van der Waals surface area contributed by atoms with Crippen molar-refractivity contribution in [2.45, 2.75) is 37.7 Å². The number of hydrogen-bond donors (Lipinski definition) is 1. The summed E-state index contributed by atoms with van der Waals surface area (Å²) in [5, 5.41) is 3.41. The minimum Gasteiger partial charge on any atom is -0.378 e. The summed E-state index contributed by atoms with van der Waals surface area (Å²) in [4.78, 5) is 0. The van der Waals surface area contributed by atoms with E-state index in [1.54, 1.807) is 0 Å². The summed E-state index contributed by atoms with van der Waals surface area (Å²) < 4.78 is 5.83. The van der Waals surface area contributed by atoms with Crippen LogP contribution in [0.15, 0.2) is 30.3 Å². The topological polar surface area (TPSA) is 21.3 Å². The zero-order chi connectivity index (χ0) is 12.1. The summed E-state index contributed by atoms with van der Waals surface area (Å²) in [5.74, 6) is 0.564. The van der Waals surface area contributed by atoms with Crippen molar-refractivity contribution in [2.75, 3.05) is 20.2 Å². The second-order valence-corrected chi connectivity index (χ2v) is 5.15. The van der Waals surface area contributed by atoms with Crippen molar-refractivity contribution in [3.05, 3.63) is 35.9 Å². The molecule has 1 atom stereocenters. The quantitative estimate of drug-likeness (QED) is 0.863. The first kappa shape index (κ1) is 12.6. The van der Waals surface area contributed by atoms with Crippen molar-refractivity contribution in [1.29, 1.82) is 0 Å². The van der Waals surface area contributed by atoms with E-state index in [2.05, 4.69) is 42.6 Å². The predicted octanol–water partition coefficient (Wildman–Crippen LogP) is 2.95. The molecule has 0 bridgehead atoms. The Bertz CT molecular complexity index is 330. The maximum Gasteiger partial charge on any atom is 0.0708 e. The van der Waals surface area contributed by atoms with Crippen LogP contribution in [0.3, 0.4) is 0 Å². The molecular formula is C15H23NO. The zero-order valence-corrected chi connectivity index (χ0v) is 10.9. The lowest BCUT2D eigenvalue weighted by molar-refractivity contribution is -0.0442. The van der Waals surface area contributed by atoms with Gasteiger partial charge < -0.3 is 10.1 Å². The van der Waals surface area contributed by atoms with Crippen LogP contribution in [0, 0.1) is 0 Å². The molecule has 1 heterocycles. The van der Waals surface area contributed by atoms with Gasteiger partial charge in [0, 0.05) is 7.11 Å². The second kappa shape index (κ2) is 5.65. The Hall–Kier alpha value is -0.860. The first-order valence-electron chi connectivity index (χ1n) is 6.57. The molecule has 2 heteroatoms. The van der Waals surface area contributed by atoms with Crippen LogP contribution in [-0.2, 0) is 4.74 Å². The molecule has 1 aliphatic rings. The summed E-state index contributed by atoms with van der Waals surface area (Å²) in [6.07, 6.45) is 3.37. The molecule has 1 unspecified atom stereocenters. The molecule has 1 aromatic rings. The van der Waals surface area contributed by atoms with E-state index >= 15 is 0 Å². The predicted molar refractivity (Wildman–Crippen MR) is 71.3 cm³/mol. The van der Waals surface area contributed by atoms with E-state index < -0.39 is 0 Å². The molecule has 0 aromatic heterocycles. The standard InChI is InChI=1S/C15H23NO/c1-13(14-6-4-3-5-7-14)12-15(17-2)8-10-16-11-9-15/h3-7,13,16H,8-12H2,1-2H3. The van der Waals surface area contributed by atoms with Crippen molar-refractivity contribution in [3.8, 4) is 0 Å². The first-order valence-corrected chi connectivity index (χ1v) is 6.57. The molecule has 1 N–H and O–H groups in total. The minimum atomic E-state index is 0.0838. The van der Waals surface area contributed by atoms with E-state index in [-0.39, 0.29) is 5.60 Å². The Labute approximate surface area is 104 Å². The number of benzene rings is 1. The molecule has 17 heavy (non-hydrogen) atoms. The Balaban J connectivity index is 2.03. The molecule has 2 nitrogen and oxygen atoms in total. The maximum atomic E-state index is 5.83. The lowest BCUT2D eigenvalue weighted by Gasteiger charge is -2.38. The van der Waals surface area contributed by atoms with Crippen LogP contribution in [0.25, 0.3) is 0 Å². The van der Waals surface area contributed by atoms with E-state index in [1.165, 1.54) is 5.56 Å². The van der Waals surface area contributed by atoms with Crippen LogP contribution in [0.4, 0.5) is 0 Å². The number of hydrogen-bond acceptors (Lipinski definition) is 2. The third kappa shape index (κ3) is 3.08. The second-order valence-electron chi connectivity index (χ2n) is 5.15. The third-order valence-electron chi connectivity index (χ3n) is 3.99. The first-order chi connectivity index (χ1) is 8.26. The van der Waals surface area contributed by atoms with Gasteiger partial charge in [-0.25, -0.2) is 0 Å². The van der Waals surface area contributed by atoms with Gasteiger partial charge in [0.1, 0.15) is 0 Å². The lowest BCUT2D eigenvalue weighted by atomic mass is 9.81. The Morgan fingerprint density at radius 1 is 1.24 bits per heavy atom. The number of piperidine rings is 1. The Kier molecular flexibility index (Phi) is 4.19. The van der Waals surface area contributed by atoms with Crippen LogP contribution in [0.1, 0.15) is 37.7 Å². The maximum absolute atomic E-state index is 5.83. The Morgan fingerprint density at radius 2 is 1.88 bits per heavy atom. The van der Waals surface area contributed by atoms with E-state index in [1.807, 2.05) is 7.11 Å². The molecular weight excluding hydrogens is 210 g/mol. The summed E-state index contributed by atoms with van der Waals surface area (Å²) in [7, 11) is 1.86. The fraction of sp³-hybridized carbons (Fsp3) is 0.600. The molecule has 1 aromatic carbocycles. The monoisotopic (exact) mass is 233 g/mol. The number of ether oxygens (including phenoxy) is 1. The summed E-state index contributed by atoms with van der Waals surface area (Å²) >= 11 is 0. The molecule has 94 valence electrons. The number of methoxy groups -OCH3 is 1. The van der Waals surface area contributed by atoms with Gasteiger partial charge in [-0.05, 0) is 43.8 Å². The molecule has 1 fully saturated rings. The van der Waals surface area contributed by atoms with E-state index in [9.17, 15) is 0 Å². The highest BCUT2D eigenvalue weighted by Gasteiger charge is 2.33. The van der Waals surface area contributed by atoms with Crippen LogP contribution < -0.4 is 5.32 Å². The fourth-order valence-corrected chi connectivity index (χ4v) is 2.83. The van der Waals surface area contributed by atoms with Gasteiger partial charge in [-0.3, -0.25) is 0 Å². The molecule has 2 rings (SSSR count). The lowest BCUT2D eigenvalue weighted by Crippen LogP contribution is -2.44. The fourth-order valence-electron chi connectivity index (χ4n) is 2.83. The van der Waals surface area contributed by atoms with Gasteiger partial charge in [0.05, 0.1) is 5.60 Å². The smallest absolute Gasteiger partial charge is 0.0708 e. The minimum absolute atomic E-state index is 0.0838. The van der Waals surface area contributed by atoms with Crippen molar-refractivity contribution in [2.24, 2.45) is 0 Å². The van der Waals surface area contributed by atoms with Gasteiger partial charge in [-0.2, -0.15) is 0 Å². The van der Waals surface area contributed by atoms with Gasteiger partial charge in [0.15, 0.2) is 0 Å². The summed E-state index contributed by atoms with van der Waals surface area (Å²) in [6, 6.07) is 10.7. The summed E-state index contributed by atoms with van der Waals surface area (Å²) in [6.45, 7) is 4.46. The van der Waals surface area contributed by atoms with Crippen LogP contribution in [0.5, 0.6) is 0 Å². The van der Waals surface area contributed by atoms with E-state index in [0.717, 1.165) is 32.4 Å². The van der Waals surface area contributed by atoms with Gasteiger partial charge in [-0.15, -0.1) is 0 Å². The zero-order valence-electron chi connectivity index (χ0n) is 10.9. The van der Waals surface area contributed by atoms with Gasteiger partial charge in [0.25, 0.3) is 0 Å². The average molecular weight is 233 g/mol. The Morgan fingerprint density at radius 3 is 2.47 bits per heavy atom.